The van der Waals surface area contributed by atoms with Crippen molar-refractivity contribution < 1.29 is 14.7 Å². The van der Waals surface area contributed by atoms with Crippen molar-refractivity contribution >= 4 is 17.7 Å². The van der Waals surface area contributed by atoms with Crippen molar-refractivity contribution in [2.45, 2.75) is 0 Å². The van der Waals surface area contributed by atoms with Gasteiger partial charge in [0, 0.05) is 18.7 Å². The second-order valence-electron chi connectivity index (χ2n) is 5.17. The third-order valence-corrected chi connectivity index (χ3v) is 3.58. The molecule has 0 aliphatic carbocycles. The number of aromatic carboxylic acids is 1. The van der Waals surface area contributed by atoms with Crippen LogP contribution in [0.4, 0.5) is 5.82 Å². The van der Waals surface area contributed by atoms with E-state index in [-0.39, 0.29) is 11.6 Å². The molecule has 1 amide bonds. The van der Waals surface area contributed by atoms with E-state index in [2.05, 4.69) is 5.10 Å². The molecule has 3 rings (SSSR count). The Morgan fingerprint density at radius 2 is 1.58 bits per heavy atom. The van der Waals surface area contributed by atoms with Gasteiger partial charge in [-0.1, -0.05) is 36.4 Å². The van der Waals surface area contributed by atoms with Crippen LogP contribution in [0, 0.1) is 0 Å². The molecule has 0 bridgehead atoms. The lowest BCUT2D eigenvalue weighted by atomic mass is 10.2. The van der Waals surface area contributed by atoms with Gasteiger partial charge in [0.15, 0.2) is 5.69 Å². The molecule has 1 N–H and O–H groups in total. The maximum atomic E-state index is 12.6. The van der Waals surface area contributed by atoms with Gasteiger partial charge in [0.05, 0.1) is 5.69 Å². The Kier molecular flexibility index (Phi) is 4.11. The summed E-state index contributed by atoms with van der Waals surface area (Å²) < 4.78 is 1.45. The number of rotatable bonds is 4. The number of para-hydroxylation sites is 1. The van der Waals surface area contributed by atoms with Crippen LogP contribution >= 0.6 is 0 Å². The largest absolute Gasteiger partial charge is 0.476 e. The monoisotopic (exact) mass is 321 g/mol. The van der Waals surface area contributed by atoms with Crippen molar-refractivity contribution in [3.05, 3.63) is 78.0 Å². The summed E-state index contributed by atoms with van der Waals surface area (Å²) in [5, 5.41) is 13.3. The number of hydrogen-bond donors (Lipinski definition) is 1. The molecule has 6 heteroatoms. The van der Waals surface area contributed by atoms with E-state index in [1.165, 1.54) is 15.6 Å². The summed E-state index contributed by atoms with van der Waals surface area (Å²) in [7, 11) is 1.59. The van der Waals surface area contributed by atoms with Crippen molar-refractivity contribution in [1.29, 1.82) is 0 Å². The average Bonchev–Trinajstić information content (AvgIpc) is 3.07. The Balaban J connectivity index is 2.06. The second-order valence-corrected chi connectivity index (χ2v) is 5.17. The minimum absolute atomic E-state index is 0.124. The van der Waals surface area contributed by atoms with Gasteiger partial charge in [-0.15, -0.1) is 0 Å². The highest BCUT2D eigenvalue weighted by molar-refractivity contribution is 6.05. The van der Waals surface area contributed by atoms with Crippen LogP contribution in [0.3, 0.4) is 0 Å². The Hall–Kier alpha value is -3.41. The molecule has 0 saturated carbocycles. The van der Waals surface area contributed by atoms with Gasteiger partial charge < -0.3 is 5.11 Å². The van der Waals surface area contributed by atoms with Gasteiger partial charge in [-0.3, -0.25) is 9.69 Å². The van der Waals surface area contributed by atoms with Crippen LogP contribution in [-0.2, 0) is 0 Å². The molecule has 1 heterocycles. The molecule has 0 radical (unpaired) electrons. The van der Waals surface area contributed by atoms with Crippen molar-refractivity contribution in [2.75, 3.05) is 11.9 Å². The first-order valence-corrected chi connectivity index (χ1v) is 7.30. The first-order chi connectivity index (χ1) is 11.6. The molecular weight excluding hydrogens is 306 g/mol. The van der Waals surface area contributed by atoms with E-state index in [0.29, 0.717) is 17.1 Å². The quantitative estimate of drug-likeness (QED) is 0.802. The van der Waals surface area contributed by atoms with Crippen molar-refractivity contribution in [3.8, 4) is 5.69 Å². The van der Waals surface area contributed by atoms with Gasteiger partial charge in [-0.25, -0.2) is 9.48 Å². The fourth-order valence-electron chi connectivity index (χ4n) is 2.35. The van der Waals surface area contributed by atoms with Crippen molar-refractivity contribution in [2.24, 2.45) is 0 Å². The highest BCUT2D eigenvalue weighted by atomic mass is 16.4. The number of anilines is 1. The van der Waals surface area contributed by atoms with E-state index in [0.717, 1.165) is 0 Å². The predicted molar refractivity (Wildman–Crippen MR) is 89.7 cm³/mol. The number of carboxylic acids is 1. The van der Waals surface area contributed by atoms with Crippen LogP contribution in [0.2, 0.25) is 0 Å². The molecule has 3 aromatic rings. The third-order valence-electron chi connectivity index (χ3n) is 3.58. The highest BCUT2D eigenvalue weighted by Gasteiger charge is 2.21. The molecule has 0 saturated heterocycles. The van der Waals surface area contributed by atoms with E-state index in [9.17, 15) is 14.7 Å². The number of nitrogens with zero attached hydrogens (tertiary/aromatic N) is 3. The van der Waals surface area contributed by atoms with E-state index < -0.39 is 5.97 Å². The van der Waals surface area contributed by atoms with Crippen LogP contribution in [0.1, 0.15) is 20.8 Å². The fourth-order valence-corrected chi connectivity index (χ4v) is 2.35. The van der Waals surface area contributed by atoms with Crippen molar-refractivity contribution in [3.63, 3.8) is 0 Å². The lowest BCUT2D eigenvalue weighted by Crippen LogP contribution is -2.28. The molecule has 0 unspecified atom stereocenters. The normalized spacial score (nSPS) is 10.4. The standard InChI is InChI=1S/C18H15N3O3/c1-20(17(22)13-8-4-2-5-9-13)16-12-15(18(23)24)19-21(16)14-10-6-3-7-11-14/h2-12H,1H3,(H,23,24). The number of aromatic nitrogens is 2. The average molecular weight is 321 g/mol. The number of benzene rings is 2. The maximum absolute atomic E-state index is 12.6. The van der Waals surface area contributed by atoms with Crippen LogP contribution < -0.4 is 4.90 Å². The maximum Gasteiger partial charge on any atom is 0.356 e. The number of amides is 1. The van der Waals surface area contributed by atoms with Crippen LogP contribution in [0.15, 0.2) is 66.7 Å². The van der Waals surface area contributed by atoms with E-state index in [1.807, 2.05) is 24.3 Å². The van der Waals surface area contributed by atoms with E-state index in [4.69, 9.17) is 0 Å². The Morgan fingerprint density at radius 3 is 2.17 bits per heavy atom. The first-order valence-electron chi connectivity index (χ1n) is 7.30. The van der Waals surface area contributed by atoms with Crippen LogP contribution in [-0.4, -0.2) is 33.8 Å². The smallest absolute Gasteiger partial charge is 0.356 e. The third kappa shape index (κ3) is 2.89. The predicted octanol–water partition coefficient (Wildman–Crippen LogP) is 2.85. The number of carbonyl (C=O) groups excluding carboxylic acids is 1. The summed E-state index contributed by atoms with van der Waals surface area (Å²) in [6.45, 7) is 0. The zero-order chi connectivity index (χ0) is 17.1. The number of carboxylic acid groups (broad SMARTS) is 1. The van der Waals surface area contributed by atoms with Gasteiger partial charge in [0.25, 0.3) is 5.91 Å². The molecule has 6 nitrogen and oxygen atoms in total. The SMILES string of the molecule is CN(C(=O)c1ccccc1)c1cc(C(=O)O)nn1-c1ccccc1. The Labute approximate surface area is 138 Å². The number of carbonyl (C=O) groups is 2. The summed E-state index contributed by atoms with van der Waals surface area (Å²) in [5.41, 5.74) is 1.06. The second kappa shape index (κ2) is 6.37. The van der Waals surface area contributed by atoms with Crippen LogP contribution in [0.5, 0.6) is 0 Å². The van der Waals surface area contributed by atoms with Gasteiger partial charge >= 0.3 is 5.97 Å². The first kappa shape index (κ1) is 15.5. The molecule has 24 heavy (non-hydrogen) atoms. The van der Waals surface area contributed by atoms with Gasteiger partial charge in [0.1, 0.15) is 5.82 Å². The van der Waals surface area contributed by atoms with E-state index in [1.54, 1.807) is 43.4 Å². The van der Waals surface area contributed by atoms with Gasteiger partial charge in [0.2, 0.25) is 0 Å². The molecule has 2 aromatic carbocycles. The Morgan fingerprint density at radius 1 is 1.00 bits per heavy atom. The highest BCUT2D eigenvalue weighted by Crippen LogP contribution is 2.22. The summed E-state index contributed by atoms with van der Waals surface area (Å²) in [5.74, 6) is -1.01. The summed E-state index contributed by atoms with van der Waals surface area (Å²) >= 11 is 0. The van der Waals surface area contributed by atoms with Gasteiger partial charge in [-0.05, 0) is 24.3 Å². The molecule has 0 aliphatic rings. The summed E-state index contributed by atoms with van der Waals surface area (Å²) in [6, 6.07) is 19.3. The zero-order valence-electron chi connectivity index (χ0n) is 13.0. The molecular formula is C18H15N3O3. The summed E-state index contributed by atoms with van der Waals surface area (Å²) in [4.78, 5) is 25.3. The molecule has 1 aromatic heterocycles. The van der Waals surface area contributed by atoms with E-state index >= 15 is 0 Å². The van der Waals surface area contributed by atoms with Crippen molar-refractivity contribution in [1.82, 2.24) is 9.78 Å². The molecule has 0 atom stereocenters. The minimum atomic E-state index is -1.15. The number of hydrogen-bond acceptors (Lipinski definition) is 3. The zero-order valence-corrected chi connectivity index (χ0v) is 13.0. The topological polar surface area (TPSA) is 75.4 Å². The molecule has 0 spiro atoms. The summed E-state index contributed by atoms with van der Waals surface area (Å²) in [6.07, 6.45) is 0. The lowest BCUT2D eigenvalue weighted by molar-refractivity contribution is 0.0689. The molecule has 0 aliphatic heterocycles. The fraction of sp³-hybridized carbons (Fsp3) is 0.0556. The minimum Gasteiger partial charge on any atom is -0.476 e. The lowest BCUT2D eigenvalue weighted by Gasteiger charge is -2.18. The van der Waals surface area contributed by atoms with Crippen LogP contribution in [0.25, 0.3) is 5.69 Å². The Bertz CT molecular complexity index is 873. The van der Waals surface area contributed by atoms with Gasteiger partial charge in [-0.2, -0.15) is 5.10 Å². The molecule has 120 valence electrons. The molecule has 0 fully saturated rings.